The molecule has 0 aromatic heterocycles. The van der Waals surface area contributed by atoms with E-state index < -0.39 is 0 Å². The number of rotatable bonds is 4. The molecule has 4 nitrogen and oxygen atoms in total. The summed E-state index contributed by atoms with van der Waals surface area (Å²) >= 11 is 0. The van der Waals surface area contributed by atoms with Crippen molar-refractivity contribution in [3.8, 4) is 0 Å². The highest BCUT2D eigenvalue weighted by Crippen LogP contribution is 2.25. The molecule has 1 heterocycles. The molecule has 0 radical (unpaired) electrons. The third-order valence-corrected chi connectivity index (χ3v) is 4.70. The van der Waals surface area contributed by atoms with E-state index in [0.717, 1.165) is 30.3 Å². The molecule has 1 aliphatic rings. The van der Waals surface area contributed by atoms with Gasteiger partial charge in [-0.25, -0.2) is 0 Å². The molecule has 1 fully saturated rings. The quantitative estimate of drug-likeness (QED) is 0.865. The number of amides is 1. The van der Waals surface area contributed by atoms with Crippen LogP contribution in [0.5, 0.6) is 0 Å². The van der Waals surface area contributed by atoms with Gasteiger partial charge < -0.3 is 16.0 Å². The van der Waals surface area contributed by atoms with Crippen LogP contribution in [0.25, 0.3) is 0 Å². The van der Waals surface area contributed by atoms with E-state index in [1.807, 2.05) is 36.4 Å². The van der Waals surface area contributed by atoms with Gasteiger partial charge in [0.25, 0.3) is 5.91 Å². The molecule has 134 valence electrons. The lowest BCUT2D eigenvalue weighted by atomic mass is 9.99. The number of hydrogen-bond acceptors (Lipinski definition) is 3. The molecule has 25 heavy (non-hydrogen) atoms. The summed E-state index contributed by atoms with van der Waals surface area (Å²) in [5.41, 5.74) is 9.27. The molecule has 0 bridgehead atoms. The van der Waals surface area contributed by atoms with Crippen LogP contribution in [0.15, 0.2) is 48.5 Å². The second kappa shape index (κ2) is 8.88. The molecule has 0 unspecified atom stereocenters. The van der Waals surface area contributed by atoms with Gasteiger partial charge in [-0.1, -0.05) is 25.1 Å². The van der Waals surface area contributed by atoms with Crippen molar-refractivity contribution in [2.45, 2.75) is 26.3 Å². The van der Waals surface area contributed by atoms with Gasteiger partial charge in [0.05, 0.1) is 0 Å². The Balaban J connectivity index is 0.00000225. The predicted octanol–water partition coefficient (Wildman–Crippen LogP) is 4.06. The molecule has 3 rings (SSSR count). The lowest BCUT2D eigenvalue weighted by Gasteiger charge is -2.32. The average Bonchev–Trinajstić information content (AvgIpc) is 2.62. The first-order valence-corrected chi connectivity index (χ1v) is 8.61. The normalized spacial score (nSPS) is 14.7. The van der Waals surface area contributed by atoms with Crippen LogP contribution < -0.4 is 16.0 Å². The number of anilines is 2. The van der Waals surface area contributed by atoms with Crippen LogP contribution in [0.2, 0.25) is 0 Å². The Morgan fingerprint density at radius 2 is 1.84 bits per heavy atom. The highest BCUT2D eigenvalue weighted by Gasteiger charge is 2.16. The van der Waals surface area contributed by atoms with E-state index >= 15 is 0 Å². The van der Waals surface area contributed by atoms with Gasteiger partial charge >= 0.3 is 0 Å². The van der Waals surface area contributed by atoms with E-state index in [9.17, 15) is 4.79 Å². The van der Waals surface area contributed by atoms with E-state index in [1.54, 1.807) is 0 Å². The van der Waals surface area contributed by atoms with Gasteiger partial charge in [-0.2, -0.15) is 0 Å². The van der Waals surface area contributed by atoms with E-state index in [0.29, 0.717) is 12.1 Å². The Hall–Kier alpha value is -2.04. The molecule has 2 aromatic rings. The first-order valence-electron chi connectivity index (χ1n) is 8.61. The second-order valence-corrected chi connectivity index (χ2v) is 6.58. The molecule has 0 aliphatic carbocycles. The molecule has 3 N–H and O–H groups in total. The number of nitrogens with one attached hydrogen (secondary N) is 1. The Morgan fingerprint density at radius 1 is 1.16 bits per heavy atom. The van der Waals surface area contributed by atoms with Crippen molar-refractivity contribution in [2.24, 2.45) is 11.7 Å². The van der Waals surface area contributed by atoms with Gasteiger partial charge in [-0.3, -0.25) is 4.79 Å². The van der Waals surface area contributed by atoms with Crippen LogP contribution in [-0.2, 0) is 6.54 Å². The van der Waals surface area contributed by atoms with Gasteiger partial charge in [0.2, 0.25) is 0 Å². The number of carbonyl (C=O) groups excluding carboxylic acids is 1. The maximum absolute atomic E-state index is 12.4. The first-order chi connectivity index (χ1) is 11.7. The fourth-order valence-electron chi connectivity index (χ4n) is 3.04. The predicted molar refractivity (Wildman–Crippen MR) is 107 cm³/mol. The minimum absolute atomic E-state index is 0. The van der Waals surface area contributed by atoms with Crippen molar-refractivity contribution in [1.82, 2.24) is 0 Å². The molecule has 1 amide bonds. The van der Waals surface area contributed by atoms with Gasteiger partial charge in [0, 0.05) is 36.6 Å². The van der Waals surface area contributed by atoms with Gasteiger partial charge in [0.15, 0.2) is 0 Å². The summed E-state index contributed by atoms with van der Waals surface area (Å²) < 4.78 is 0. The summed E-state index contributed by atoms with van der Waals surface area (Å²) in [5, 5.41) is 2.99. The molecule has 1 saturated heterocycles. The van der Waals surface area contributed by atoms with E-state index in [-0.39, 0.29) is 18.3 Å². The Morgan fingerprint density at radius 3 is 2.48 bits per heavy atom. The van der Waals surface area contributed by atoms with E-state index in [1.165, 1.54) is 18.5 Å². The number of carbonyl (C=O) groups is 1. The maximum atomic E-state index is 12.4. The number of hydrogen-bond donors (Lipinski definition) is 2. The SMILES string of the molecule is CC1CCN(c2cccc(NC(=O)c3ccc(CN)cc3)c2)CC1.Cl. The number of piperidine rings is 1. The van der Waals surface area contributed by atoms with Crippen molar-refractivity contribution >= 4 is 29.7 Å². The zero-order valence-electron chi connectivity index (χ0n) is 14.6. The molecule has 0 spiro atoms. The molecular weight excluding hydrogens is 334 g/mol. The largest absolute Gasteiger partial charge is 0.371 e. The minimum atomic E-state index is -0.0945. The summed E-state index contributed by atoms with van der Waals surface area (Å²) in [4.78, 5) is 14.8. The lowest BCUT2D eigenvalue weighted by Crippen LogP contribution is -2.32. The molecular formula is C20H26ClN3O. The molecule has 2 aromatic carbocycles. The van der Waals surface area contributed by atoms with Crippen LogP contribution in [0.4, 0.5) is 11.4 Å². The Bertz CT molecular complexity index is 694. The highest BCUT2D eigenvalue weighted by molar-refractivity contribution is 6.04. The standard InChI is InChI=1S/C20H25N3O.ClH/c1-15-9-11-23(12-10-15)19-4-2-3-18(13-19)22-20(24)17-7-5-16(14-21)6-8-17;/h2-8,13,15H,9-12,14,21H2,1H3,(H,22,24);1H. The van der Waals surface area contributed by atoms with Crippen molar-refractivity contribution in [3.05, 3.63) is 59.7 Å². The van der Waals surface area contributed by atoms with Crippen molar-refractivity contribution in [2.75, 3.05) is 23.3 Å². The zero-order valence-corrected chi connectivity index (χ0v) is 15.4. The summed E-state index contributed by atoms with van der Waals surface area (Å²) in [6.45, 7) is 4.96. The van der Waals surface area contributed by atoms with Crippen molar-refractivity contribution in [3.63, 3.8) is 0 Å². The number of halogens is 1. The smallest absolute Gasteiger partial charge is 0.255 e. The third-order valence-electron chi connectivity index (χ3n) is 4.70. The number of nitrogens with two attached hydrogens (primary N) is 1. The zero-order chi connectivity index (χ0) is 16.9. The first kappa shape index (κ1) is 19.3. The van der Waals surface area contributed by atoms with Crippen LogP contribution in [0, 0.1) is 5.92 Å². The molecule has 0 atom stereocenters. The summed E-state index contributed by atoms with van der Waals surface area (Å²) in [7, 11) is 0. The Labute approximate surface area is 155 Å². The minimum Gasteiger partial charge on any atom is -0.371 e. The Kier molecular flexibility index (Phi) is 6.85. The fourth-order valence-corrected chi connectivity index (χ4v) is 3.04. The number of nitrogens with zero attached hydrogens (tertiary/aromatic N) is 1. The topological polar surface area (TPSA) is 58.4 Å². The van der Waals surface area contributed by atoms with Crippen LogP contribution in [-0.4, -0.2) is 19.0 Å². The van der Waals surface area contributed by atoms with E-state index in [2.05, 4.69) is 29.3 Å². The van der Waals surface area contributed by atoms with E-state index in [4.69, 9.17) is 5.73 Å². The van der Waals surface area contributed by atoms with Crippen molar-refractivity contribution in [1.29, 1.82) is 0 Å². The average molecular weight is 360 g/mol. The molecule has 5 heteroatoms. The molecule has 0 saturated carbocycles. The van der Waals surface area contributed by atoms with Crippen LogP contribution in [0.3, 0.4) is 0 Å². The van der Waals surface area contributed by atoms with Crippen molar-refractivity contribution < 1.29 is 4.79 Å². The fraction of sp³-hybridized carbons (Fsp3) is 0.350. The number of benzene rings is 2. The lowest BCUT2D eigenvalue weighted by molar-refractivity contribution is 0.102. The van der Waals surface area contributed by atoms with Gasteiger partial charge in [-0.05, 0) is 54.7 Å². The van der Waals surface area contributed by atoms with Crippen LogP contribution in [0.1, 0.15) is 35.7 Å². The summed E-state index contributed by atoms with van der Waals surface area (Å²) in [6.07, 6.45) is 2.45. The van der Waals surface area contributed by atoms with Crippen LogP contribution >= 0.6 is 12.4 Å². The summed E-state index contributed by atoms with van der Waals surface area (Å²) in [5.74, 6) is 0.712. The van der Waals surface area contributed by atoms with Gasteiger partial charge in [-0.15, -0.1) is 12.4 Å². The maximum Gasteiger partial charge on any atom is 0.255 e. The molecule has 1 aliphatic heterocycles. The highest BCUT2D eigenvalue weighted by atomic mass is 35.5. The van der Waals surface area contributed by atoms with Gasteiger partial charge in [0.1, 0.15) is 0 Å². The second-order valence-electron chi connectivity index (χ2n) is 6.58. The summed E-state index contributed by atoms with van der Waals surface area (Å²) in [6, 6.07) is 15.5. The third kappa shape index (κ3) is 4.97. The monoisotopic (exact) mass is 359 g/mol.